The largest absolute Gasteiger partial charge is 0.218 e. The highest BCUT2D eigenvalue weighted by molar-refractivity contribution is 7.88. The smallest absolute Gasteiger partial charge is 0.212 e. The molecule has 3 nitrogen and oxygen atoms in total. The number of sulfonamides is 1. The van der Waals surface area contributed by atoms with Crippen LogP contribution in [0.1, 0.15) is 16.0 Å². The van der Waals surface area contributed by atoms with Gasteiger partial charge >= 0.3 is 0 Å². The van der Waals surface area contributed by atoms with Crippen LogP contribution in [0.4, 0.5) is 0 Å². The predicted molar refractivity (Wildman–Crippen MR) is 79.6 cm³/mol. The van der Waals surface area contributed by atoms with Gasteiger partial charge in [-0.05, 0) is 29.5 Å². The lowest BCUT2D eigenvalue weighted by Gasteiger charge is -2.17. The molecule has 1 heterocycles. The van der Waals surface area contributed by atoms with E-state index in [1.807, 2.05) is 48.7 Å². The van der Waals surface area contributed by atoms with Gasteiger partial charge in [0.05, 0.1) is 5.75 Å². The van der Waals surface area contributed by atoms with Crippen LogP contribution in [0.25, 0.3) is 0 Å². The fraction of sp³-hybridized carbons (Fsp3) is 0.286. The predicted octanol–water partition coefficient (Wildman–Crippen LogP) is 3.02. The second kappa shape index (κ2) is 5.86. The maximum atomic E-state index is 12.3. The number of aryl methyl sites for hydroxylation is 1. The molecule has 0 amide bonds. The van der Waals surface area contributed by atoms with E-state index >= 15 is 0 Å². The van der Waals surface area contributed by atoms with Gasteiger partial charge in [0.15, 0.2) is 0 Å². The Morgan fingerprint density at radius 2 is 1.89 bits per heavy atom. The summed E-state index contributed by atoms with van der Waals surface area (Å²) in [6.45, 7) is 2.37. The number of thiophene rings is 1. The first-order chi connectivity index (χ1) is 8.99. The normalized spacial score (nSPS) is 11.9. The summed E-state index contributed by atoms with van der Waals surface area (Å²) in [5.41, 5.74) is 1.87. The zero-order chi connectivity index (χ0) is 13.9. The second-order valence-corrected chi connectivity index (χ2v) is 7.63. The van der Waals surface area contributed by atoms with Crippen LogP contribution in [0, 0.1) is 6.92 Å². The summed E-state index contributed by atoms with van der Waals surface area (Å²) in [6.07, 6.45) is 0. The minimum Gasteiger partial charge on any atom is -0.212 e. The molecule has 0 aliphatic rings. The lowest BCUT2D eigenvalue weighted by atomic mass is 10.1. The van der Waals surface area contributed by atoms with Crippen molar-refractivity contribution in [3.63, 3.8) is 0 Å². The highest BCUT2D eigenvalue weighted by atomic mass is 32.2. The maximum absolute atomic E-state index is 12.3. The molecule has 2 aromatic rings. The number of nitrogens with zero attached hydrogens (tertiary/aromatic N) is 1. The molecule has 0 atom stereocenters. The minimum atomic E-state index is -3.27. The van der Waals surface area contributed by atoms with Gasteiger partial charge in [0, 0.05) is 18.5 Å². The Balaban J connectivity index is 2.12. The molecular weight excluding hydrogens is 278 g/mol. The van der Waals surface area contributed by atoms with Crippen LogP contribution in [0.5, 0.6) is 0 Å². The van der Waals surface area contributed by atoms with Crippen molar-refractivity contribution in [3.05, 3.63) is 57.8 Å². The highest BCUT2D eigenvalue weighted by Crippen LogP contribution is 2.17. The lowest BCUT2D eigenvalue weighted by Crippen LogP contribution is -2.27. The molecule has 0 unspecified atom stereocenters. The van der Waals surface area contributed by atoms with Crippen LogP contribution in [0.15, 0.2) is 41.8 Å². The first-order valence-electron chi connectivity index (χ1n) is 6.00. The van der Waals surface area contributed by atoms with Crippen LogP contribution in [0.3, 0.4) is 0 Å². The topological polar surface area (TPSA) is 37.4 Å². The van der Waals surface area contributed by atoms with E-state index in [0.29, 0.717) is 6.54 Å². The van der Waals surface area contributed by atoms with E-state index < -0.39 is 10.0 Å². The standard InChI is InChI=1S/C14H17NO2S2/c1-12-6-3-4-7-13(12)11-19(16,17)15(2)10-14-8-5-9-18-14/h3-9H,10-11H2,1-2H3. The SMILES string of the molecule is Cc1ccccc1CS(=O)(=O)N(C)Cc1cccs1. The third kappa shape index (κ3) is 3.65. The molecule has 0 radical (unpaired) electrons. The molecular formula is C14H17NO2S2. The quantitative estimate of drug-likeness (QED) is 0.850. The summed E-state index contributed by atoms with van der Waals surface area (Å²) in [7, 11) is -1.64. The molecule has 5 heteroatoms. The van der Waals surface area contributed by atoms with Crippen LogP contribution in [-0.2, 0) is 22.3 Å². The van der Waals surface area contributed by atoms with Crippen molar-refractivity contribution in [2.45, 2.75) is 19.2 Å². The Hall–Kier alpha value is -1.17. The first-order valence-corrected chi connectivity index (χ1v) is 8.49. The summed E-state index contributed by atoms with van der Waals surface area (Å²) >= 11 is 1.57. The first kappa shape index (κ1) is 14.2. The molecule has 0 aliphatic heterocycles. The van der Waals surface area contributed by atoms with Crippen molar-refractivity contribution in [1.82, 2.24) is 4.31 Å². The molecule has 1 aromatic heterocycles. The van der Waals surface area contributed by atoms with E-state index in [1.54, 1.807) is 18.4 Å². The van der Waals surface area contributed by atoms with Crippen LogP contribution in [0.2, 0.25) is 0 Å². The number of benzene rings is 1. The molecule has 19 heavy (non-hydrogen) atoms. The molecule has 102 valence electrons. The third-order valence-corrected chi connectivity index (χ3v) is 5.65. The number of hydrogen-bond acceptors (Lipinski definition) is 3. The summed E-state index contributed by atoms with van der Waals surface area (Å²) in [5.74, 6) is 0.0571. The Morgan fingerprint density at radius 3 is 2.53 bits per heavy atom. The molecule has 0 fully saturated rings. The van der Waals surface area contributed by atoms with Crippen molar-refractivity contribution in [3.8, 4) is 0 Å². The van der Waals surface area contributed by atoms with Gasteiger partial charge in [-0.15, -0.1) is 11.3 Å². The number of hydrogen-bond donors (Lipinski definition) is 0. The van der Waals surface area contributed by atoms with Crippen molar-refractivity contribution in [1.29, 1.82) is 0 Å². The summed E-state index contributed by atoms with van der Waals surface area (Å²) in [5, 5.41) is 1.96. The Labute approximate surface area is 118 Å². The molecule has 2 rings (SSSR count). The average Bonchev–Trinajstić information content (AvgIpc) is 2.84. The van der Waals surface area contributed by atoms with E-state index in [2.05, 4.69) is 0 Å². The van der Waals surface area contributed by atoms with E-state index in [0.717, 1.165) is 16.0 Å². The van der Waals surface area contributed by atoms with Crippen molar-refractivity contribution in [2.24, 2.45) is 0 Å². The molecule has 0 saturated carbocycles. The zero-order valence-electron chi connectivity index (χ0n) is 11.0. The molecule has 1 aromatic carbocycles. The average molecular weight is 295 g/mol. The van der Waals surface area contributed by atoms with Gasteiger partial charge in [0.1, 0.15) is 0 Å². The molecule has 0 spiro atoms. The van der Waals surface area contributed by atoms with E-state index in [4.69, 9.17) is 0 Å². The second-order valence-electron chi connectivity index (χ2n) is 4.52. The lowest BCUT2D eigenvalue weighted by molar-refractivity contribution is 0.468. The van der Waals surface area contributed by atoms with Crippen LogP contribution in [-0.4, -0.2) is 19.8 Å². The van der Waals surface area contributed by atoms with Crippen molar-refractivity contribution >= 4 is 21.4 Å². The Bertz CT molecular complexity index is 633. The van der Waals surface area contributed by atoms with Gasteiger partial charge in [0.25, 0.3) is 0 Å². The summed E-state index contributed by atoms with van der Waals surface area (Å²) in [4.78, 5) is 1.05. The summed E-state index contributed by atoms with van der Waals surface area (Å²) in [6, 6.07) is 11.5. The van der Waals surface area contributed by atoms with Crippen molar-refractivity contribution in [2.75, 3.05) is 7.05 Å². The van der Waals surface area contributed by atoms with E-state index in [-0.39, 0.29) is 5.75 Å². The van der Waals surface area contributed by atoms with Gasteiger partial charge in [-0.2, -0.15) is 4.31 Å². The van der Waals surface area contributed by atoms with Crippen LogP contribution < -0.4 is 0 Å². The Morgan fingerprint density at radius 1 is 1.16 bits per heavy atom. The van der Waals surface area contributed by atoms with Gasteiger partial charge < -0.3 is 0 Å². The molecule has 0 N–H and O–H groups in total. The minimum absolute atomic E-state index is 0.0571. The van der Waals surface area contributed by atoms with Gasteiger partial charge in [0.2, 0.25) is 10.0 Å². The van der Waals surface area contributed by atoms with Crippen LogP contribution >= 0.6 is 11.3 Å². The Kier molecular flexibility index (Phi) is 4.39. The fourth-order valence-corrected chi connectivity index (χ4v) is 3.91. The monoisotopic (exact) mass is 295 g/mol. The van der Waals surface area contributed by atoms with Gasteiger partial charge in [-0.3, -0.25) is 0 Å². The molecule has 0 bridgehead atoms. The third-order valence-electron chi connectivity index (χ3n) is 3.03. The maximum Gasteiger partial charge on any atom is 0.218 e. The van der Waals surface area contributed by atoms with Gasteiger partial charge in [-0.1, -0.05) is 30.3 Å². The van der Waals surface area contributed by atoms with Gasteiger partial charge in [-0.25, -0.2) is 8.42 Å². The van der Waals surface area contributed by atoms with E-state index in [9.17, 15) is 8.42 Å². The zero-order valence-corrected chi connectivity index (χ0v) is 12.7. The molecule has 0 aliphatic carbocycles. The highest BCUT2D eigenvalue weighted by Gasteiger charge is 2.19. The molecule has 0 saturated heterocycles. The van der Waals surface area contributed by atoms with E-state index in [1.165, 1.54) is 4.31 Å². The summed E-state index contributed by atoms with van der Waals surface area (Å²) < 4.78 is 26.0. The number of rotatable bonds is 5. The fourth-order valence-electron chi connectivity index (χ4n) is 1.80. The van der Waals surface area contributed by atoms with Crippen molar-refractivity contribution < 1.29 is 8.42 Å².